The molecule has 0 atom stereocenters. The van der Waals surface area contributed by atoms with E-state index in [1.54, 1.807) is 6.92 Å². The van der Waals surface area contributed by atoms with Gasteiger partial charge in [-0.3, -0.25) is 9.69 Å². The van der Waals surface area contributed by atoms with Crippen LogP contribution in [0.3, 0.4) is 0 Å². The van der Waals surface area contributed by atoms with Gasteiger partial charge in [0, 0.05) is 46.2 Å². The second-order valence-electron chi connectivity index (χ2n) is 8.39. The molecule has 6 nitrogen and oxygen atoms in total. The average Bonchev–Trinajstić information content (AvgIpc) is 2.74. The number of piperidine rings is 1. The number of piperazine rings is 1. The van der Waals surface area contributed by atoms with E-state index in [9.17, 15) is 4.79 Å². The highest BCUT2D eigenvalue weighted by Gasteiger charge is 2.21. The standard InChI is InChI=1S/C23H37N5O/c1-4-24-23(28-15-13-27(14-16-28)20(3)29)25-17-21-7-5-6-8-22(21)18-26-11-9-19(2)10-12-26/h5-8,19H,4,9-18H2,1-3H3,(H,24,25). The van der Waals surface area contributed by atoms with E-state index in [1.165, 1.54) is 37.1 Å². The fourth-order valence-electron chi connectivity index (χ4n) is 4.15. The average molecular weight is 400 g/mol. The summed E-state index contributed by atoms with van der Waals surface area (Å²) >= 11 is 0. The Kier molecular flexibility index (Phi) is 7.92. The maximum absolute atomic E-state index is 11.6. The highest BCUT2D eigenvalue weighted by molar-refractivity contribution is 5.80. The molecule has 2 saturated heterocycles. The molecule has 0 saturated carbocycles. The van der Waals surface area contributed by atoms with Crippen LogP contribution in [0.4, 0.5) is 0 Å². The Morgan fingerprint density at radius 2 is 1.66 bits per heavy atom. The van der Waals surface area contributed by atoms with Gasteiger partial charge < -0.3 is 15.1 Å². The van der Waals surface area contributed by atoms with E-state index in [1.807, 2.05) is 4.90 Å². The molecule has 2 heterocycles. The molecule has 29 heavy (non-hydrogen) atoms. The summed E-state index contributed by atoms with van der Waals surface area (Å²) in [6.07, 6.45) is 2.61. The quantitative estimate of drug-likeness (QED) is 0.611. The van der Waals surface area contributed by atoms with Crippen LogP contribution in [-0.4, -0.2) is 72.4 Å². The molecule has 1 amide bonds. The number of likely N-dealkylation sites (tertiary alicyclic amines) is 1. The number of benzene rings is 1. The number of amides is 1. The lowest BCUT2D eigenvalue weighted by molar-refractivity contribution is -0.130. The summed E-state index contributed by atoms with van der Waals surface area (Å²) in [5.41, 5.74) is 2.70. The van der Waals surface area contributed by atoms with Crippen LogP contribution in [0.25, 0.3) is 0 Å². The van der Waals surface area contributed by atoms with Crippen LogP contribution in [0.2, 0.25) is 0 Å². The number of guanidine groups is 1. The third-order valence-corrected chi connectivity index (χ3v) is 6.15. The number of rotatable bonds is 5. The molecule has 2 fully saturated rings. The van der Waals surface area contributed by atoms with Crippen molar-refractivity contribution >= 4 is 11.9 Å². The van der Waals surface area contributed by atoms with E-state index in [0.717, 1.165) is 51.1 Å². The summed E-state index contributed by atoms with van der Waals surface area (Å²) in [6.45, 7) is 14.3. The molecular weight excluding hydrogens is 362 g/mol. The minimum absolute atomic E-state index is 0.160. The summed E-state index contributed by atoms with van der Waals surface area (Å²) in [6, 6.07) is 8.72. The molecule has 0 aliphatic carbocycles. The maximum atomic E-state index is 11.6. The van der Waals surface area contributed by atoms with Gasteiger partial charge >= 0.3 is 0 Å². The first kappa shape index (κ1) is 21.6. The molecule has 1 aromatic rings. The number of nitrogens with one attached hydrogen (secondary N) is 1. The van der Waals surface area contributed by atoms with E-state index in [2.05, 4.69) is 53.2 Å². The predicted octanol–water partition coefficient (Wildman–Crippen LogP) is 2.55. The van der Waals surface area contributed by atoms with Gasteiger partial charge in [0.2, 0.25) is 5.91 Å². The third-order valence-electron chi connectivity index (χ3n) is 6.15. The molecule has 0 radical (unpaired) electrons. The van der Waals surface area contributed by atoms with E-state index >= 15 is 0 Å². The monoisotopic (exact) mass is 399 g/mol. The number of carbonyl (C=O) groups is 1. The smallest absolute Gasteiger partial charge is 0.219 e. The fraction of sp³-hybridized carbons (Fsp3) is 0.652. The van der Waals surface area contributed by atoms with Crippen molar-refractivity contribution < 1.29 is 4.79 Å². The first-order chi connectivity index (χ1) is 14.1. The van der Waals surface area contributed by atoms with Crippen molar-refractivity contribution in [3.8, 4) is 0 Å². The Balaban J connectivity index is 1.64. The van der Waals surface area contributed by atoms with Crippen LogP contribution in [-0.2, 0) is 17.9 Å². The Morgan fingerprint density at radius 1 is 1.03 bits per heavy atom. The predicted molar refractivity (Wildman–Crippen MR) is 119 cm³/mol. The van der Waals surface area contributed by atoms with Crippen LogP contribution in [0, 0.1) is 5.92 Å². The summed E-state index contributed by atoms with van der Waals surface area (Å²) in [4.78, 5) is 23.3. The van der Waals surface area contributed by atoms with Gasteiger partial charge in [-0.2, -0.15) is 0 Å². The highest BCUT2D eigenvalue weighted by atomic mass is 16.2. The molecule has 1 aromatic carbocycles. The molecule has 2 aliphatic heterocycles. The normalized spacial score (nSPS) is 19.5. The zero-order valence-electron chi connectivity index (χ0n) is 18.4. The van der Waals surface area contributed by atoms with Gasteiger partial charge in [0.25, 0.3) is 0 Å². The van der Waals surface area contributed by atoms with Gasteiger partial charge in [-0.1, -0.05) is 31.2 Å². The van der Waals surface area contributed by atoms with E-state index < -0.39 is 0 Å². The molecule has 1 N–H and O–H groups in total. The third kappa shape index (κ3) is 6.20. The topological polar surface area (TPSA) is 51.2 Å². The molecule has 0 bridgehead atoms. The Bertz CT molecular complexity index is 688. The second kappa shape index (κ2) is 10.6. The number of hydrogen-bond donors (Lipinski definition) is 1. The lowest BCUT2D eigenvalue weighted by atomic mass is 9.98. The Hall–Kier alpha value is -2.08. The molecule has 0 unspecified atom stereocenters. The van der Waals surface area contributed by atoms with Crippen molar-refractivity contribution in [2.24, 2.45) is 10.9 Å². The first-order valence-electron chi connectivity index (χ1n) is 11.1. The van der Waals surface area contributed by atoms with Crippen LogP contribution >= 0.6 is 0 Å². The van der Waals surface area contributed by atoms with Crippen molar-refractivity contribution in [1.29, 1.82) is 0 Å². The molecule has 2 aliphatic rings. The van der Waals surface area contributed by atoms with Crippen molar-refractivity contribution in [2.75, 3.05) is 45.8 Å². The number of hydrogen-bond acceptors (Lipinski definition) is 3. The fourth-order valence-corrected chi connectivity index (χ4v) is 4.15. The molecule has 160 valence electrons. The minimum atomic E-state index is 0.160. The zero-order valence-corrected chi connectivity index (χ0v) is 18.4. The van der Waals surface area contributed by atoms with Crippen molar-refractivity contribution in [1.82, 2.24) is 20.0 Å². The molecule has 0 spiro atoms. The Labute approximate surface area is 176 Å². The maximum Gasteiger partial charge on any atom is 0.219 e. The zero-order chi connectivity index (χ0) is 20.6. The molecule has 0 aromatic heterocycles. The summed E-state index contributed by atoms with van der Waals surface area (Å²) in [5.74, 6) is 1.97. The van der Waals surface area contributed by atoms with Crippen LogP contribution in [0.15, 0.2) is 29.3 Å². The number of carbonyl (C=O) groups excluding carboxylic acids is 1. The van der Waals surface area contributed by atoms with Gasteiger partial charge in [0.05, 0.1) is 6.54 Å². The minimum Gasteiger partial charge on any atom is -0.357 e. The van der Waals surface area contributed by atoms with E-state index in [4.69, 9.17) is 4.99 Å². The SMILES string of the molecule is CCNC(=NCc1ccccc1CN1CCC(C)CC1)N1CCN(C(C)=O)CC1. The second-order valence-corrected chi connectivity index (χ2v) is 8.39. The van der Waals surface area contributed by atoms with Crippen molar-refractivity contribution in [3.63, 3.8) is 0 Å². The largest absolute Gasteiger partial charge is 0.357 e. The van der Waals surface area contributed by atoms with Crippen molar-refractivity contribution in [3.05, 3.63) is 35.4 Å². The lowest BCUT2D eigenvalue weighted by Gasteiger charge is -2.36. The van der Waals surface area contributed by atoms with Crippen molar-refractivity contribution in [2.45, 2.75) is 46.7 Å². The van der Waals surface area contributed by atoms with Gasteiger partial charge in [-0.25, -0.2) is 4.99 Å². The summed E-state index contributed by atoms with van der Waals surface area (Å²) in [7, 11) is 0. The van der Waals surface area contributed by atoms with Gasteiger partial charge in [-0.15, -0.1) is 0 Å². The lowest BCUT2D eigenvalue weighted by Crippen LogP contribution is -2.53. The molecule has 3 rings (SSSR count). The van der Waals surface area contributed by atoms with Crippen LogP contribution in [0.5, 0.6) is 0 Å². The Morgan fingerprint density at radius 3 is 2.28 bits per heavy atom. The summed E-state index contributed by atoms with van der Waals surface area (Å²) < 4.78 is 0. The highest BCUT2D eigenvalue weighted by Crippen LogP contribution is 2.20. The van der Waals surface area contributed by atoms with Gasteiger partial charge in [0.15, 0.2) is 5.96 Å². The summed E-state index contributed by atoms with van der Waals surface area (Å²) in [5, 5.41) is 3.43. The van der Waals surface area contributed by atoms with Gasteiger partial charge in [0.1, 0.15) is 0 Å². The van der Waals surface area contributed by atoms with Crippen LogP contribution < -0.4 is 5.32 Å². The van der Waals surface area contributed by atoms with Crippen LogP contribution in [0.1, 0.15) is 44.7 Å². The molecular formula is C23H37N5O. The van der Waals surface area contributed by atoms with E-state index in [-0.39, 0.29) is 5.91 Å². The number of aliphatic imine (C=N–C) groups is 1. The first-order valence-corrected chi connectivity index (χ1v) is 11.1. The number of nitrogens with zero attached hydrogens (tertiary/aromatic N) is 4. The molecule has 6 heteroatoms. The van der Waals surface area contributed by atoms with Gasteiger partial charge in [-0.05, 0) is 49.9 Å². The van der Waals surface area contributed by atoms with E-state index in [0.29, 0.717) is 6.54 Å².